The van der Waals surface area contributed by atoms with E-state index < -0.39 is 9.70 Å². The maximum atomic E-state index is 11.8. The molecule has 7 heteroatoms. The van der Waals surface area contributed by atoms with Gasteiger partial charge in [0.1, 0.15) is 6.61 Å². The molecule has 0 unspecified atom stereocenters. The van der Waals surface area contributed by atoms with Crippen LogP contribution in [-0.4, -0.2) is 33.9 Å². The highest BCUT2D eigenvalue weighted by molar-refractivity contribution is 6.76. The molecule has 21 heavy (non-hydrogen) atoms. The minimum Gasteiger partial charge on any atom is -0.391 e. The van der Waals surface area contributed by atoms with Gasteiger partial charge in [-0.05, 0) is 5.56 Å². The number of hydrogen-bond donors (Lipinski definition) is 0. The summed E-state index contributed by atoms with van der Waals surface area (Å²) >= 11 is 16.7. The lowest BCUT2D eigenvalue weighted by atomic mass is 10.2. The van der Waals surface area contributed by atoms with Crippen molar-refractivity contribution in [3.8, 4) is 0 Å². The van der Waals surface area contributed by atoms with E-state index in [2.05, 4.69) is 11.7 Å². The molecule has 1 amide bonds. The summed E-state index contributed by atoms with van der Waals surface area (Å²) in [6.45, 7) is 4.30. The van der Waals surface area contributed by atoms with Gasteiger partial charge in [0.2, 0.25) is 0 Å². The lowest BCUT2D eigenvalue weighted by molar-refractivity contribution is -0.128. The van der Waals surface area contributed by atoms with Crippen LogP contribution in [-0.2, 0) is 16.2 Å². The molecule has 0 saturated carbocycles. The second kappa shape index (κ2) is 8.93. The Bertz CT molecular complexity index is 487. The van der Waals surface area contributed by atoms with Crippen LogP contribution in [0.5, 0.6) is 0 Å². The minimum absolute atomic E-state index is 0.160. The van der Waals surface area contributed by atoms with Gasteiger partial charge in [0.05, 0.1) is 12.8 Å². The van der Waals surface area contributed by atoms with E-state index in [4.69, 9.17) is 39.6 Å². The van der Waals surface area contributed by atoms with Crippen LogP contribution in [0.2, 0.25) is 0 Å². The van der Waals surface area contributed by atoms with E-state index in [1.807, 2.05) is 30.3 Å². The maximum Gasteiger partial charge on any atom is 0.275 e. The smallest absolute Gasteiger partial charge is 0.275 e. The van der Waals surface area contributed by atoms with Crippen molar-refractivity contribution in [3.05, 3.63) is 48.6 Å². The fourth-order valence-corrected chi connectivity index (χ4v) is 1.80. The van der Waals surface area contributed by atoms with Crippen molar-refractivity contribution in [3.63, 3.8) is 0 Å². The zero-order valence-corrected chi connectivity index (χ0v) is 13.5. The maximum absolute atomic E-state index is 11.8. The standard InChI is InChI=1S/C14H15Cl3N2O2/c1-2-9-19(13(20)14(15,16)17)10-8-18-21-11-12-6-4-3-5-7-12/h2-8H,1,9-11H2/b18-8+. The molecule has 0 saturated heterocycles. The van der Waals surface area contributed by atoms with Gasteiger partial charge in [-0.1, -0.05) is 76.4 Å². The number of carbonyl (C=O) groups excluding carboxylic acids is 1. The summed E-state index contributed by atoms with van der Waals surface area (Å²) in [5.74, 6) is -0.637. The quantitative estimate of drug-likeness (QED) is 0.327. The highest BCUT2D eigenvalue weighted by Gasteiger charge is 2.34. The van der Waals surface area contributed by atoms with Gasteiger partial charge in [-0.15, -0.1) is 6.58 Å². The molecule has 0 N–H and O–H groups in total. The highest BCUT2D eigenvalue weighted by Crippen LogP contribution is 2.28. The van der Waals surface area contributed by atoms with Crippen molar-refractivity contribution in [2.75, 3.05) is 13.1 Å². The Morgan fingerprint density at radius 1 is 1.29 bits per heavy atom. The van der Waals surface area contributed by atoms with Crippen LogP contribution in [0.15, 0.2) is 48.1 Å². The molecule has 4 nitrogen and oxygen atoms in total. The molecule has 0 heterocycles. The minimum atomic E-state index is -2.00. The Labute approximate surface area is 138 Å². The van der Waals surface area contributed by atoms with Crippen LogP contribution >= 0.6 is 34.8 Å². The molecule has 0 spiro atoms. The fourth-order valence-electron chi connectivity index (χ4n) is 1.45. The third-order valence-electron chi connectivity index (χ3n) is 2.40. The summed E-state index contributed by atoms with van der Waals surface area (Å²) < 4.78 is -2.00. The average molecular weight is 350 g/mol. The lowest BCUT2D eigenvalue weighted by Crippen LogP contribution is -2.40. The number of alkyl halides is 3. The Hall–Kier alpha value is -1.23. The molecule has 1 rings (SSSR count). The zero-order valence-electron chi connectivity index (χ0n) is 11.2. The van der Waals surface area contributed by atoms with E-state index in [-0.39, 0.29) is 13.1 Å². The number of oxime groups is 1. The van der Waals surface area contributed by atoms with E-state index in [1.165, 1.54) is 17.2 Å². The molecule has 0 radical (unpaired) electrons. The van der Waals surface area contributed by atoms with Crippen LogP contribution in [0.1, 0.15) is 5.56 Å². The third kappa shape index (κ3) is 6.85. The van der Waals surface area contributed by atoms with Crippen molar-refractivity contribution in [1.29, 1.82) is 0 Å². The van der Waals surface area contributed by atoms with E-state index in [1.54, 1.807) is 0 Å². The van der Waals surface area contributed by atoms with Gasteiger partial charge in [-0.2, -0.15) is 0 Å². The second-order valence-electron chi connectivity index (χ2n) is 4.04. The van der Waals surface area contributed by atoms with Crippen molar-refractivity contribution in [1.82, 2.24) is 4.90 Å². The number of rotatable bonds is 7. The lowest BCUT2D eigenvalue weighted by Gasteiger charge is -2.22. The first-order valence-corrected chi connectivity index (χ1v) is 7.23. The molecule has 1 aromatic rings. The summed E-state index contributed by atoms with van der Waals surface area (Å²) in [6.07, 6.45) is 2.97. The Morgan fingerprint density at radius 3 is 2.52 bits per heavy atom. The van der Waals surface area contributed by atoms with E-state index >= 15 is 0 Å². The van der Waals surface area contributed by atoms with E-state index in [9.17, 15) is 4.79 Å². The summed E-state index contributed by atoms with van der Waals surface area (Å²) in [4.78, 5) is 18.2. The molecule has 0 aliphatic heterocycles. The SMILES string of the molecule is C=CCN(C/C=N/OCc1ccccc1)C(=O)C(Cl)(Cl)Cl. The van der Waals surface area contributed by atoms with Crippen LogP contribution in [0, 0.1) is 0 Å². The number of amides is 1. The van der Waals surface area contributed by atoms with Crippen molar-refractivity contribution >= 4 is 46.9 Å². The molecule has 0 aliphatic carbocycles. The number of halogens is 3. The number of nitrogens with zero attached hydrogens (tertiary/aromatic N) is 2. The molecule has 0 bridgehead atoms. The molecule has 0 aliphatic rings. The number of hydrogen-bond acceptors (Lipinski definition) is 3. The van der Waals surface area contributed by atoms with Crippen LogP contribution in [0.3, 0.4) is 0 Å². The first-order chi connectivity index (χ1) is 9.95. The largest absolute Gasteiger partial charge is 0.391 e. The molecule has 0 atom stereocenters. The highest BCUT2D eigenvalue weighted by atomic mass is 35.6. The monoisotopic (exact) mass is 348 g/mol. The fraction of sp³-hybridized carbons (Fsp3) is 0.286. The summed E-state index contributed by atoms with van der Waals surface area (Å²) in [7, 11) is 0. The number of benzene rings is 1. The topological polar surface area (TPSA) is 41.9 Å². The molecular weight excluding hydrogens is 335 g/mol. The summed E-state index contributed by atoms with van der Waals surface area (Å²) in [5.41, 5.74) is 0.995. The van der Waals surface area contributed by atoms with Crippen molar-refractivity contribution < 1.29 is 9.63 Å². The number of carbonyl (C=O) groups is 1. The molecule has 1 aromatic carbocycles. The molecule has 0 fully saturated rings. The predicted octanol–water partition coefficient (Wildman–Crippen LogP) is 3.57. The van der Waals surface area contributed by atoms with Gasteiger partial charge in [0, 0.05) is 6.54 Å². The average Bonchev–Trinajstić information content (AvgIpc) is 2.45. The van der Waals surface area contributed by atoms with Crippen LogP contribution in [0.25, 0.3) is 0 Å². The van der Waals surface area contributed by atoms with Gasteiger partial charge in [0.15, 0.2) is 0 Å². The summed E-state index contributed by atoms with van der Waals surface area (Å²) in [5, 5.41) is 3.77. The van der Waals surface area contributed by atoms with Crippen molar-refractivity contribution in [2.24, 2.45) is 5.16 Å². The Morgan fingerprint density at radius 2 is 1.95 bits per heavy atom. The van der Waals surface area contributed by atoms with Crippen molar-refractivity contribution in [2.45, 2.75) is 10.4 Å². The normalized spacial score (nSPS) is 11.4. The Balaban J connectivity index is 2.44. The summed E-state index contributed by atoms with van der Waals surface area (Å²) in [6, 6.07) is 9.59. The molecular formula is C14H15Cl3N2O2. The van der Waals surface area contributed by atoms with E-state index in [0.29, 0.717) is 6.61 Å². The zero-order chi connectivity index (χ0) is 15.7. The first kappa shape index (κ1) is 17.8. The van der Waals surface area contributed by atoms with Gasteiger partial charge in [-0.25, -0.2) is 0 Å². The Kier molecular flexibility index (Phi) is 7.57. The van der Waals surface area contributed by atoms with Crippen LogP contribution in [0.4, 0.5) is 0 Å². The van der Waals surface area contributed by atoms with Gasteiger partial charge < -0.3 is 9.74 Å². The molecule has 114 valence electrons. The molecule has 0 aromatic heterocycles. The second-order valence-corrected chi connectivity index (χ2v) is 6.32. The van der Waals surface area contributed by atoms with Crippen LogP contribution < -0.4 is 0 Å². The van der Waals surface area contributed by atoms with Gasteiger partial charge in [0.25, 0.3) is 9.70 Å². The predicted molar refractivity (Wildman–Crippen MR) is 86.8 cm³/mol. The van der Waals surface area contributed by atoms with Gasteiger partial charge in [-0.3, -0.25) is 4.79 Å². The third-order valence-corrected chi connectivity index (χ3v) is 2.89. The van der Waals surface area contributed by atoms with Gasteiger partial charge >= 0.3 is 0 Å². The first-order valence-electron chi connectivity index (χ1n) is 6.10. The van der Waals surface area contributed by atoms with E-state index in [0.717, 1.165) is 5.56 Å².